The lowest BCUT2D eigenvalue weighted by Gasteiger charge is -2.33. The number of rotatable bonds is 8. The lowest BCUT2D eigenvalue weighted by atomic mass is 10.0. The van der Waals surface area contributed by atoms with Crippen molar-refractivity contribution in [3.05, 3.63) is 79.3 Å². The number of halogens is 2. The van der Waals surface area contributed by atoms with Gasteiger partial charge in [0.05, 0.1) is 17.6 Å². The van der Waals surface area contributed by atoms with E-state index in [4.69, 9.17) is 0 Å². The Morgan fingerprint density at radius 1 is 1.08 bits per heavy atom. The molecule has 0 spiro atoms. The average Bonchev–Trinajstić information content (AvgIpc) is 3.24. The van der Waals surface area contributed by atoms with Crippen molar-refractivity contribution in [3.63, 3.8) is 0 Å². The molecule has 37 heavy (non-hydrogen) atoms. The Bertz CT molecular complexity index is 1480. The Kier molecular flexibility index (Phi) is 6.50. The molecular formula is C26H24F2N8O. The normalized spacial score (nSPS) is 12.6. The lowest BCUT2D eigenvalue weighted by molar-refractivity contribution is -0.111. The van der Waals surface area contributed by atoms with E-state index in [1.165, 1.54) is 30.3 Å². The van der Waals surface area contributed by atoms with E-state index in [-0.39, 0.29) is 17.5 Å². The first kappa shape index (κ1) is 23.9. The van der Waals surface area contributed by atoms with Crippen LogP contribution in [-0.2, 0) is 11.8 Å². The van der Waals surface area contributed by atoms with Crippen molar-refractivity contribution in [1.29, 1.82) is 0 Å². The SMILES string of the molecule is C=CC(=O)Nc1ccc(F)c(Nc2nc(Nc3cnn(C)c3)ncc2-c2cc(F)cc(N3CCC3)c2)c1. The minimum absolute atomic E-state index is 0.0634. The summed E-state index contributed by atoms with van der Waals surface area (Å²) in [6.45, 7) is 5.13. The number of carbonyl (C=O) groups excluding carboxylic acids is 1. The molecule has 0 unspecified atom stereocenters. The first-order valence-electron chi connectivity index (χ1n) is 11.6. The van der Waals surface area contributed by atoms with Crippen molar-refractivity contribution in [1.82, 2.24) is 19.7 Å². The van der Waals surface area contributed by atoms with Crippen LogP contribution in [0.2, 0.25) is 0 Å². The van der Waals surface area contributed by atoms with Crippen molar-refractivity contribution in [2.45, 2.75) is 6.42 Å². The van der Waals surface area contributed by atoms with Crippen LogP contribution in [0.3, 0.4) is 0 Å². The van der Waals surface area contributed by atoms with E-state index in [1.54, 1.807) is 30.3 Å². The molecule has 3 N–H and O–H groups in total. The van der Waals surface area contributed by atoms with Gasteiger partial charge in [0.15, 0.2) is 0 Å². The number of anilines is 6. The molecule has 0 radical (unpaired) electrons. The molecule has 11 heteroatoms. The monoisotopic (exact) mass is 502 g/mol. The van der Waals surface area contributed by atoms with Gasteiger partial charge in [-0.05, 0) is 54.5 Å². The molecule has 5 rings (SSSR count). The molecule has 1 fully saturated rings. The Morgan fingerprint density at radius 2 is 1.92 bits per heavy atom. The number of amides is 1. The first-order valence-corrected chi connectivity index (χ1v) is 11.6. The summed E-state index contributed by atoms with van der Waals surface area (Å²) in [5.74, 6) is -0.920. The molecule has 9 nitrogen and oxygen atoms in total. The van der Waals surface area contributed by atoms with E-state index in [0.29, 0.717) is 22.5 Å². The number of hydrogen-bond donors (Lipinski definition) is 3. The molecule has 1 amide bonds. The number of benzene rings is 2. The van der Waals surface area contributed by atoms with Gasteiger partial charge in [0.25, 0.3) is 0 Å². The zero-order valence-corrected chi connectivity index (χ0v) is 20.0. The van der Waals surface area contributed by atoms with E-state index in [9.17, 15) is 13.6 Å². The van der Waals surface area contributed by atoms with Crippen LogP contribution in [0.5, 0.6) is 0 Å². The topological polar surface area (TPSA) is 100 Å². The van der Waals surface area contributed by atoms with Gasteiger partial charge in [-0.1, -0.05) is 6.58 Å². The van der Waals surface area contributed by atoms with Crippen molar-refractivity contribution in [3.8, 4) is 11.1 Å². The summed E-state index contributed by atoms with van der Waals surface area (Å²) < 4.78 is 31.1. The molecule has 1 aliphatic rings. The summed E-state index contributed by atoms with van der Waals surface area (Å²) in [7, 11) is 1.78. The number of carbonyl (C=O) groups is 1. The largest absolute Gasteiger partial charge is 0.371 e. The number of aromatic nitrogens is 4. The molecule has 0 atom stereocenters. The van der Waals surface area contributed by atoms with Gasteiger partial charge in [-0.15, -0.1) is 0 Å². The smallest absolute Gasteiger partial charge is 0.247 e. The van der Waals surface area contributed by atoms with Crippen LogP contribution in [0.15, 0.2) is 67.6 Å². The minimum Gasteiger partial charge on any atom is -0.371 e. The van der Waals surface area contributed by atoms with Crippen molar-refractivity contribution in [2.24, 2.45) is 7.05 Å². The average molecular weight is 503 g/mol. The Morgan fingerprint density at radius 3 is 2.62 bits per heavy atom. The molecule has 3 heterocycles. The zero-order valence-electron chi connectivity index (χ0n) is 20.0. The van der Waals surface area contributed by atoms with Crippen molar-refractivity contribution >= 4 is 40.4 Å². The number of nitrogens with one attached hydrogen (secondary N) is 3. The molecule has 1 aliphatic heterocycles. The molecule has 0 bridgehead atoms. The quantitative estimate of drug-likeness (QED) is 0.292. The lowest BCUT2D eigenvalue weighted by Crippen LogP contribution is -2.37. The predicted molar refractivity (Wildman–Crippen MR) is 139 cm³/mol. The third-order valence-electron chi connectivity index (χ3n) is 5.84. The van der Waals surface area contributed by atoms with E-state index in [0.717, 1.165) is 31.3 Å². The Hall–Kier alpha value is -4.80. The van der Waals surface area contributed by atoms with Gasteiger partial charge in [0.1, 0.15) is 17.5 Å². The van der Waals surface area contributed by atoms with E-state index >= 15 is 0 Å². The minimum atomic E-state index is -0.566. The highest BCUT2D eigenvalue weighted by molar-refractivity contribution is 5.99. The molecule has 188 valence electrons. The molecule has 2 aromatic heterocycles. The molecular weight excluding hydrogens is 478 g/mol. The first-order chi connectivity index (χ1) is 17.9. The summed E-state index contributed by atoms with van der Waals surface area (Å²) >= 11 is 0. The maximum absolute atomic E-state index is 14.8. The van der Waals surface area contributed by atoms with E-state index in [2.05, 4.69) is 42.5 Å². The molecule has 0 aliphatic carbocycles. The maximum Gasteiger partial charge on any atom is 0.247 e. The van der Waals surface area contributed by atoms with Crippen LogP contribution < -0.4 is 20.9 Å². The van der Waals surface area contributed by atoms with Gasteiger partial charge < -0.3 is 20.9 Å². The molecule has 2 aromatic carbocycles. The second kappa shape index (κ2) is 10.1. The number of hydrogen-bond acceptors (Lipinski definition) is 7. The summed E-state index contributed by atoms with van der Waals surface area (Å²) in [4.78, 5) is 22.8. The predicted octanol–water partition coefficient (Wildman–Crippen LogP) is 4.98. The van der Waals surface area contributed by atoms with Gasteiger partial charge >= 0.3 is 0 Å². The molecule has 1 saturated heterocycles. The zero-order chi connectivity index (χ0) is 25.9. The Balaban J connectivity index is 1.55. The maximum atomic E-state index is 14.8. The van der Waals surface area contributed by atoms with E-state index < -0.39 is 17.5 Å². The molecule has 0 saturated carbocycles. The van der Waals surface area contributed by atoms with E-state index in [1.807, 2.05) is 6.07 Å². The van der Waals surface area contributed by atoms with Crippen molar-refractivity contribution in [2.75, 3.05) is 33.9 Å². The third-order valence-corrected chi connectivity index (χ3v) is 5.84. The second-order valence-corrected chi connectivity index (χ2v) is 8.54. The van der Waals surface area contributed by atoms with Crippen LogP contribution in [0, 0.1) is 11.6 Å². The fourth-order valence-electron chi connectivity index (χ4n) is 3.87. The summed E-state index contributed by atoms with van der Waals surface area (Å²) in [5.41, 5.74) is 2.85. The Labute approximate surface area is 211 Å². The second-order valence-electron chi connectivity index (χ2n) is 8.54. The summed E-state index contributed by atoms with van der Waals surface area (Å²) in [5, 5.41) is 12.8. The van der Waals surface area contributed by atoms with Crippen molar-refractivity contribution < 1.29 is 13.6 Å². The standard InChI is InChI=1S/C26H24F2N8O/c1-3-24(37)31-18-5-6-22(28)23(12-18)33-25-21(14-29-26(34-25)32-19-13-30-35(2)15-19)16-9-17(27)11-20(10-16)36-7-4-8-36/h3,5-6,9-15H,1,4,7-8H2,2H3,(H,31,37)(H2,29,32,33,34). The van der Waals surface area contributed by atoms with Crippen LogP contribution in [0.25, 0.3) is 11.1 Å². The number of nitrogens with zero attached hydrogens (tertiary/aromatic N) is 5. The highest BCUT2D eigenvalue weighted by Crippen LogP contribution is 2.35. The van der Waals surface area contributed by atoms with Crippen LogP contribution in [0.4, 0.5) is 43.3 Å². The van der Waals surface area contributed by atoms with Gasteiger partial charge in [-0.2, -0.15) is 10.1 Å². The van der Waals surface area contributed by atoms with Gasteiger partial charge in [0.2, 0.25) is 11.9 Å². The van der Waals surface area contributed by atoms with Gasteiger partial charge in [-0.3, -0.25) is 9.48 Å². The molecule has 4 aromatic rings. The fraction of sp³-hybridized carbons (Fsp3) is 0.154. The highest BCUT2D eigenvalue weighted by atomic mass is 19.1. The van der Waals surface area contributed by atoms with Crippen LogP contribution >= 0.6 is 0 Å². The summed E-state index contributed by atoms with van der Waals surface area (Å²) in [6.07, 6.45) is 7.08. The van der Waals surface area contributed by atoms with Crippen LogP contribution in [0.1, 0.15) is 6.42 Å². The third kappa shape index (κ3) is 5.40. The summed E-state index contributed by atoms with van der Waals surface area (Å²) in [6, 6.07) is 8.83. The number of aryl methyl sites for hydroxylation is 1. The van der Waals surface area contributed by atoms with Gasteiger partial charge in [-0.25, -0.2) is 13.8 Å². The fourth-order valence-corrected chi connectivity index (χ4v) is 3.87. The van der Waals surface area contributed by atoms with Crippen LogP contribution in [-0.4, -0.2) is 38.7 Å². The van der Waals surface area contributed by atoms with Gasteiger partial charge in [0, 0.05) is 49.5 Å². The highest BCUT2D eigenvalue weighted by Gasteiger charge is 2.19.